The summed E-state index contributed by atoms with van der Waals surface area (Å²) in [5.74, 6) is 2.48. The van der Waals surface area contributed by atoms with Crippen LogP contribution in [0.25, 0.3) is 0 Å². The topological polar surface area (TPSA) is 55.8 Å². The maximum absolute atomic E-state index is 11.0. The van der Waals surface area contributed by atoms with Crippen molar-refractivity contribution in [1.82, 2.24) is 0 Å². The van der Waals surface area contributed by atoms with Crippen molar-refractivity contribution in [2.75, 3.05) is 6.61 Å². The molecule has 6 atom stereocenters. The molecule has 0 amide bonds. The molecule has 0 bridgehead atoms. The van der Waals surface area contributed by atoms with Gasteiger partial charge >= 0.3 is 5.97 Å². The van der Waals surface area contributed by atoms with Gasteiger partial charge in [-0.25, -0.2) is 4.79 Å². The highest BCUT2D eigenvalue weighted by atomic mass is 16.5. The Morgan fingerprint density at radius 2 is 1.83 bits per heavy atom. The lowest BCUT2D eigenvalue weighted by molar-refractivity contribution is -0.177. The third-order valence-corrected chi connectivity index (χ3v) is 7.70. The van der Waals surface area contributed by atoms with Crippen LogP contribution in [0, 0.1) is 29.6 Å². The number of aliphatic carboxylic acids is 1. The van der Waals surface area contributed by atoms with Crippen LogP contribution >= 0.6 is 0 Å². The van der Waals surface area contributed by atoms with E-state index in [9.17, 15) is 4.79 Å². The van der Waals surface area contributed by atoms with Gasteiger partial charge in [0.2, 0.25) is 0 Å². The van der Waals surface area contributed by atoms with Gasteiger partial charge in [0, 0.05) is 11.8 Å². The molecule has 4 nitrogen and oxygen atoms in total. The van der Waals surface area contributed by atoms with Crippen molar-refractivity contribution < 1.29 is 19.4 Å². The Morgan fingerprint density at radius 3 is 2.47 bits per heavy atom. The van der Waals surface area contributed by atoms with Gasteiger partial charge in [0.15, 0.2) is 6.61 Å². The molecule has 0 aromatic carbocycles. The Hall–Kier alpha value is -1.03. The van der Waals surface area contributed by atoms with Gasteiger partial charge in [-0.3, -0.25) is 0 Å². The van der Waals surface area contributed by atoms with Crippen LogP contribution in [-0.4, -0.2) is 29.4 Å². The number of carboxylic acid groups (broad SMARTS) is 1. The van der Waals surface area contributed by atoms with Crippen LogP contribution in [0.4, 0.5) is 0 Å². The quantitative estimate of drug-likeness (QED) is 0.396. The minimum Gasteiger partial charge on any atom is -0.486 e. The number of hydrogen-bond acceptors (Lipinski definition) is 3. The lowest BCUT2D eigenvalue weighted by Crippen LogP contribution is -2.50. The summed E-state index contributed by atoms with van der Waals surface area (Å²) < 4.78 is 12.5. The van der Waals surface area contributed by atoms with Crippen molar-refractivity contribution >= 4 is 5.97 Å². The highest BCUT2D eigenvalue weighted by Gasteiger charge is 2.47. The van der Waals surface area contributed by atoms with Gasteiger partial charge in [0.25, 0.3) is 0 Å². The molecular weight excluding hydrogens is 376 g/mol. The summed E-state index contributed by atoms with van der Waals surface area (Å²) in [6, 6.07) is 0. The van der Waals surface area contributed by atoms with Crippen molar-refractivity contribution in [2.24, 2.45) is 29.6 Å². The van der Waals surface area contributed by atoms with Crippen molar-refractivity contribution in [1.29, 1.82) is 0 Å². The molecule has 0 radical (unpaired) electrons. The number of hydrogen-bond donors (Lipinski definition) is 1. The Balaban J connectivity index is 1.90. The molecule has 174 valence electrons. The van der Waals surface area contributed by atoms with Crippen molar-refractivity contribution in [2.45, 2.75) is 112 Å². The van der Waals surface area contributed by atoms with Crippen LogP contribution in [0.15, 0.2) is 11.3 Å². The van der Waals surface area contributed by atoms with Crippen molar-refractivity contribution in [3.63, 3.8) is 0 Å². The van der Waals surface area contributed by atoms with Gasteiger partial charge < -0.3 is 14.6 Å². The normalized spacial score (nSPS) is 32.8. The first-order valence-electron chi connectivity index (χ1n) is 12.3. The predicted octanol–water partition coefficient (Wildman–Crippen LogP) is 6.83. The van der Waals surface area contributed by atoms with Crippen molar-refractivity contribution in [3.05, 3.63) is 11.3 Å². The third kappa shape index (κ3) is 6.73. The summed E-state index contributed by atoms with van der Waals surface area (Å²) in [7, 11) is 0. The second kappa shape index (κ2) is 11.0. The fourth-order valence-electron chi connectivity index (χ4n) is 5.55. The number of carboxylic acids is 1. The maximum atomic E-state index is 11.0. The van der Waals surface area contributed by atoms with Gasteiger partial charge in [0.1, 0.15) is 0 Å². The first-order valence-corrected chi connectivity index (χ1v) is 12.3. The fraction of sp³-hybridized carbons (Fsp3) is 0.885. The molecule has 0 aromatic heterocycles. The average molecular weight is 423 g/mol. The van der Waals surface area contributed by atoms with Gasteiger partial charge in [-0.15, -0.1) is 0 Å². The summed E-state index contributed by atoms with van der Waals surface area (Å²) >= 11 is 0. The summed E-state index contributed by atoms with van der Waals surface area (Å²) in [5, 5.41) is 9.00. The van der Waals surface area contributed by atoms with Crippen LogP contribution in [0.2, 0.25) is 0 Å². The van der Waals surface area contributed by atoms with Crippen LogP contribution in [-0.2, 0) is 14.3 Å². The van der Waals surface area contributed by atoms with E-state index in [0.717, 1.165) is 42.4 Å². The average Bonchev–Trinajstić information content (AvgIpc) is 2.65. The van der Waals surface area contributed by atoms with E-state index in [2.05, 4.69) is 48.5 Å². The standard InChI is InChI=1S/C26H46O4/c1-17(2)10-8-11-18(3)12-9-14-26(7)15-13-22-21(6)24(29-16-23(27)28)19(4)20(5)25(22)30-26/h17-18,20-22,25H,8-16H2,1-7H3,(H,27,28)/t18?,20?,21?,22?,25?,26-/m1/s1. The first kappa shape index (κ1) is 25.2. The molecule has 5 unspecified atom stereocenters. The zero-order valence-corrected chi connectivity index (χ0v) is 20.5. The molecule has 0 aromatic rings. The monoisotopic (exact) mass is 422 g/mol. The number of fused-ring (bicyclic) bond motifs is 1. The fourth-order valence-corrected chi connectivity index (χ4v) is 5.55. The maximum Gasteiger partial charge on any atom is 0.341 e. The molecule has 1 saturated heterocycles. The lowest BCUT2D eigenvalue weighted by Gasteiger charge is -2.50. The van der Waals surface area contributed by atoms with E-state index in [1.807, 2.05) is 0 Å². The smallest absolute Gasteiger partial charge is 0.341 e. The number of rotatable bonds is 11. The molecule has 1 N–H and O–H groups in total. The SMILES string of the molecule is CC1=C(OCC(=O)O)C(C)C2CC[C@@](C)(CCCC(C)CCCC(C)C)OC2C1C. The molecule has 2 rings (SSSR count). The summed E-state index contributed by atoms with van der Waals surface area (Å²) in [4.78, 5) is 11.0. The zero-order valence-electron chi connectivity index (χ0n) is 20.5. The van der Waals surface area contributed by atoms with Gasteiger partial charge in [0.05, 0.1) is 17.5 Å². The Kier molecular flexibility index (Phi) is 9.27. The van der Waals surface area contributed by atoms with E-state index in [1.165, 1.54) is 32.1 Å². The van der Waals surface area contributed by atoms with Gasteiger partial charge in [-0.2, -0.15) is 0 Å². The second-order valence-corrected chi connectivity index (χ2v) is 10.9. The molecule has 1 fully saturated rings. The van der Waals surface area contributed by atoms with E-state index in [0.29, 0.717) is 5.92 Å². The number of ether oxygens (including phenoxy) is 2. The van der Waals surface area contributed by atoms with E-state index in [-0.39, 0.29) is 30.1 Å². The summed E-state index contributed by atoms with van der Waals surface area (Å²) in [6.45, 7) is 15.5. The second-order valence-electron chi connectivity index (χ2n) is 10.9. The molecule has 30 heavy (non-hydrogen) atoms. The molecule has 0 saturated carbocycles. The minimum atomic E-state index is -0.914. The highest BCUT2D eigenvalue weighted by Crippen LogP contribution is 2.48. The van der Waals surface area contributed by atoms with Crippen LogP contribution < -0.4 is 0 Å². The van der Waals surface area contributed by atoms with Crippen LogP contribution in [0.5, 0.6) is 0 Å². The molecular formula is C26H46O4. The predicted molar refractivity (Wildman–Crippen MR) is 122 cm³/mol. The molecule has 1 aliphatic heterocycles. The first-order chi connectivity index (χ1) is 14.0. The number of allylic oxidation sites excluding steroid dienone is 1. The largest absolute Gasteiger partial charge is 0.486 e. The molecule has 1 heterocycles. The third-order valence-electron chi connectivity index (χ3n) is 7.70. The van der Waals surface area contributed by atoms with E-state index in [4.69, 9.17) is 14.6 Å². The van der Waals surface area contributed by atoms with Crippen molar-refractivity contribution in [3.8, 4) is 0 Å². The highest BCUT2D eigenvalue weighted by molar-refractivity contribution is 5.68. The lowest BCUT2D eigenvalue weighted by atomic mass is 9.68. The Bertz CT molecular complexity index is 596. The Morgan fingerprint density at radius 1 is 1.17 bits per heavy atom. The van der Waals surface area contributed by atoms with Crippen LogP contribution in [0.3, 0.4) is 0 Å². The summed E-state index contributed by atoms with van der Waals surface area (Å²) in [5.41, 5.74) is 1.12. The molecule has 2 aliphatic rings. The number of carbonyl (C=O) groups is 1. The van der Waals surface area contributed by atoms with E-state index >= 15 is 0 Å². The molecule has 4 heteroatoms. The van der Waals surface area contributed by atoms with Gasteiger partial charge in [-0.1, -0.05) is 66.7 Å². The Labute approximate surface area is 184 Å². The van der Waals surface area contributed by atoms with Gasteiger partial charge in [-0.05, 0) is 56.4 Å². The molecule has 1 aliphatic carbocycles. The molecule has 0 spiro atoms. The van der Waals surface area contributed by atoms with Crippen LogP contribution in [0.1, 0.15) is 99.8 Å². The zero-order chi connectivity index (χ0) is 22.5. The van der Waals surface area contributed by atoms with E-state index < -0.39 is 5.97 Å². The minimum absolute atomic E-state index is 0.0352. The van der Waals surface area contributed by atoms with E-state index in [1.54, 1.807) is 0 Å². The summed E-state index contributed by atoms with van der Waals surface area (Å²) in [6.07, 6.45) is 10.1.